The summed E-state index contributed by atoms with van der Waals surface area (Å²) in [4.78, 5) is 7.96. The van der Waals surface area contributed by atoms with Crippen molar-refractivity contribution in [2.45, 2.75) is 20.0 Å². The number of aryl methyl sites for hydroxylation is 1. The minimum absolute atomic E-state index is 0.735. The lowest BCUT2D eigenvalue weighted by Crippen LogP contribution is -2.18. The van der Waals surface area contributed by atoms with Gasteiger partial charge in [-0.2, -0.15) is 0 Å². The first-order chi connectivity index (χ1) is 10.2. The van der Waals surface area contributed by atoms with Gasteiger partial charge < -0.3 is 15.0 Å². The molecule has 4 nitrogen and oxygen atoms in total. The van der Waals surface area contributed by atoms with E-state index in [0.29, 0.717) is 0 Å². The normalized spacial score (nSPS) is 10.8. The Bertz CT molecular complexity index is 556. The number of thiazole rings is 1. The van der Waals surface area contributed by atoms with Gasteiger partial charge in [-0.05, 0) is 18.1 Å². The maximum Gasteiger partial charge on any atom is 0.185 e. The van der Waals surface area contributed by atoms with E-state index in [1.54, 1.807) is 18.4 Å². The van der Waals surface area contributed by atoms with Gasteiger partial charge in [0.15, 0.2) is 5.13 Å². The summed E-state index contributed by atoms with van der Waals surface area (Å²) >= 11 is 1.74. The van der Waals surface area contributed by atoms with Crippen molar-refractivity contribution in [3.63, 3.8) is 0 Å². The molecule has 0 amide bonds. The van der Waals surface area contributed by atoms with Gasteiger partial charge in [-0.25, -0.2) is 4.98 Å². The van der Waals surface area contributed by atoms with Crippen molar-refractivity contribution in [1.29, 1.82) is 0 Å². The predicted octanol–water partition coefficient (Wildman–Crippen LogP) is 2.82. The Hall–Kier alpha value is -1.43. The Morgan fingerprint density at radius 2 is 2.14 bits per heavy atom. The SMILES string of the molecule is COCCNCc1cnc(N(C)Cc2ccccc2C)s1. The number of benzene rings is 1. The molecule has 2 aromatic rings. The summed E-state index contributed by atoms with van der Waals surface area (Å²) in [6.07, 6.45) is 1.95. The first kappa shape index (κ1) is 15.9. The zero-order valence-electron chi connectivity index (χ0n) is 12.9. The second-order valence-corrected chi connectivity index (χ2v) is 6.15. The fourth-order valence-corrected chi connectivity index (χ4v) is 2.89. The fourth-order valence-electron chi connectivity index (χ4n) is 2.05. The number of aromatic nitrogens is 1. The molecule has 0 saturated heterocycles. The van der Waals surface area contributed by atoms with Crippen molar-refractivity contribution in [3.8, 4) is 0 Å². The van der Waals surface area contributed by atoms with E-state index in [4.69, 9.17) is 4.74 Å². The molecule has 0 aliphatic rings. The smallest absolute Gasteiger partial charge is 0.185 e. The highest BCUT2D eigenvalue weighted by Gasteiger charge is 2.08. The zero-order chi connectivity index (χ0) is 15.1. The van der Waals surface area contributed by atoms with E-state index in [2.05, 4.69) is 53.4 Å². The molecule has 0 fully saturated rings. The third-order valence-corrected chi connectivity index (χ3v) is 4.43. The second kappa shape index (κ2) is 8.12. The molecule has 0 atom stereocenters. The Labute approximate surface area is 130 Å². The summed E-state index contributed by atoms with van der Waals surface area (Å²) < 4.78 is 5.02. The first-order valence-electron chi connectivity index (χ1n) is 7.10. The summed E-state index contributed by atoms with van der Waals surface area (Å²) in [6, 6.07) is 8.48. The van der Waals surface area contributed by atoms with Crippen LogP contribution in [0, 0.1) is 6.92 Å². The van der Waals surface area contributed by atoms with Gasteiger partial charge in [0, 0.05) is 44.9 Å². The van der Waals surface area contributed by atoms with Crippen LogP contribution in [0.4, 0.5) is 5.13 Å². The lowest BCUT2D eigenvalue weighted by molar-refractivity contribution is 0.199. The maximum absolute atomic E-state index is 5.02. The van der Waals surface area contributed by atoms with Crippen LogP contribution in [0.25, 0.3) is 0 Å². The van der Waals surface area contributed by atoms with E-state index in [-0.39, 0.29) is 0 Å². The van der Waals surface area contributed by atoms with Gasteiger partial charge in [-0.15, -0.1) is 11.3 Å². The Balaban J connectivity index is 1.90. The minimum Gasteiger partial charge on any atom is -0.383 e. The molecule has 0 saturated carbocycles. The quantitative estimate of drug-likeness (QED) is 0.761. The lowest BCUT2D eigenvalue weighted by atomic mass is 10.1. The van der Waals surface area contributed by atoms with Crippen molar-refractivity contribution in [2.24, 2.45) is 0 Å². The molecule has 0 aliphatic carbocycles. The molecule has 0 bridgehead atoms. The van der Waals surface area contributed by atoms with Crippen LogP contribution in [-0.4, -0.2) is 32.3 Å². The minimum atomic E-state index is 0.735. The van der Waals surface area contributed by atoms with Crippen LogP contribution >= 0.6 is 11.3 Å². The molecule has 1 N–H and O–H groups in total. The van der Waals surface area contributed by atoms with Crippen molar-refractivity contribution < 1.29 is 4.74 Å². The predicted molar refractivity (Wildman–Crippen MR) is 89.0 cm³/mol. The number of anilines is 1. The number of nitrogens with zero attached hydrogens (tertiary/aromatic N) is 2. The summed E-state index contributed by atoms with van der Waals surface area (Å²) in [7, 11) is 3.81. The van der Waals surface area contributed by atoms with Crippen LogP contribution in [0.1, 0.15) is 16.0 Å². The van der Waals surface area contributed by atoms with Crippen LogP contribution in [0.5, 0.6) is 0 Å². The fraction of sp³-hybridized carbons (Fsp3) is 0.438. The largest absolute Gasteiger partial charge is 0.383 e. The lowest BCUT2D eigenvalue weighted by Gasteiger charge is -2.17. The van der Waals surface area contributed by atoms with Crippen molar-refractivity contribution in [1.82, 2.24) is 10.3 Å². The van der Waals surface area contributed by atoms with Gasteiger partial charge in [0.2, 0.25) is 0 Å². The number of ether oxygens (including phenoxy) is 1. The molecular formula is C16H23N3OS. The van der Waals surface area contributed by atoms with E-state index < -0.39 is 0 Å². The Kier molecular flexibility index (Phi) is 6.17. The second-order valence-electron chi connectivity index (χ2n) is 5.06. The summed E-state index contributed by atoms with van der Waals surface area (Å²) in [6.45, 7) is 5.48. The van der Waals surface area contributed by atoms with Gasteiger partial charge >= 0.3 is 0 Å². The molecule has 1 aromatic carbocycles. The van der Waals surface area contributed by atoms with Crippen molar-refractivity contribution in [3.05, 3.63) is 46.5 Å². The molecule has 0 spiro atoms. The number of nitrogens with one attached hydrogen (secondary N) is 1. The van der Waals surface area contributed by atoms with Gasteiger partial charge in [-0.1, -0.05) is 24.3 Å². The maximum atomic E-state index is 5.02. The number of methoxy groups -OCH3 is 1. The Morgan fingerprint density at radius 1 is 1.33 bits per heavy atom. The van der Waals surface area contributed by atoms with E-state index in [1.165, 1.54) is 16.0 Å². The van der Waals surface area contributed by atoms with Crippen molar-refractivity contribution >= 4 is 16.5 Å². The molecule has 1 aromatic heterocycles. The van der Waals surface area contributed by atoms with Gasteiger partial charge in [-0.3, -0.25) is 0 Å². The average molecular weight is 305 g/mol. The van der Waals surface area contributed by atoms with Gasteiger partial charge in [0.1, 0.15) is 0 Å². The van der Waals surface area contributed by atoms with Gasteiger partial charge in [0.25, 0.3) is 0 Å². The standard InChI is InChI=1S/C16H23N3OS/c1-13-6-4-5-7-14(13)12-19(2)16-18-11-15(21-16)10-17-8-9-20-3/h4-7,11,17H,8-10,12H2,1-3H3. The third-order valence-electron chi connectivity index (χ3n) is 3.32. The monoisotopic (exact) mass is 305 g/mol. The Morgan fingerprint density at radius 3 is 2.90 bits per heavy atom. The van der Waals surface area contributed by atoms with Crippen LogP contribution in [-0.2, 0) is 17.8 Å². The molecule has 1 heterocycles. The van der Waals surface area contributed by atoms with Gasteiger partial charge in [0.05, 0.1) is 6.61 Å². The van der Waals surface area contributed by atoms with E-state index >= 15 is 0 Å². The molecule has 0 unspecified atom stereocenters. The van der Waals surface area contributed by atoms with E-state index in [0.717, 1.165) is 31.4 Å². The zero-order valence-corrected chi connectivity index (χ0v) is 13.7. The molecule has 2 rings (SSSR count). The molecule has 114 valence electrons. The molecule has 5 heteroatoms. The topological polar surface area (TPSA) is 37.4 Å². The highest BCUT2D eigenvalue weighted by molar-refractivity contribution is 7.15. The van der Waals surface area contributed by atoms with E-state index in [1.807, 2.05) is 6.20 Å². The van der Waals surface area contributed by atoms with Crippen molar-refractivity contribution in [2.75, 3.05) is 32.2 Å². The number of rotatable bonds is 8. The van der Waals surface area contributed by atoms with Crippen LogP contribution in [0.3, 0.4) is 0 Å². The van der Waals surface area contributed by atoms with Crippen LogP contribution in [0.2, 0.25) is 0 Å². The number of hydrogen-bond acceptors (Lipinski definition) is 5. The number of hydrogen-bond donors (Lipinski definition) is 1. The molecular weight excluding hydrogens is 282 g/mol. The van der Waals surface area contributed by atoms with Crippen LogP contribution in [0.15, 0.2) is 30.5 Å². The average Bonchev–Trinajstić information content (AvgIpc) is 2.95. The van der Waals surface area contributed by atoms with Crippen LogP contribution < -0.4 is 10.2 Å². The summed E-state index contributed by atoms with van der Waals surface area (Å²) in [5, 5.41) is 4.40. The van der Waals surface area contributed by atoms with E-state index in [9.17, 15) is 0 Å². The summed E-state index contributed by atoms with van der Waals surface area (Å²) in [5.74, 6) is 0. The molecule has 0 radical (unpaired) electrons. The highest BCUT2D eigenvalue weighted by atomic mass is 32.1. The summed E-state index contributed by atoms with van der Waals surface area (Å²) in [5.41, 5.74) is 2.66. The highest BCUT2D eigenvalue weighted by Crippen LogP contribution is 2.23. The molecule has 0 aliphatic heterocycles. The molecule has 21 heavy (non-hydrogen) atoms. The first-order valence-corrected chi connectivity index (χ1v) is 7.92. The third kappa shape index (κ3) is 4.81.